The van der Waals surface area contributed by atoms with Gasteiger partial charge in [0.1, 0.15) is 42.2 Å². The van der Waals surface area contributed by atoms with E-state index in [1.165, 1.54) is 23.0 Å². The van der Waals surface area contributed by atoms with Gasteiger partial charge in [0.15, 0.2) is 29.1 Å². The molecule has 0 bridgehead atoms. The second-order valence-corrected chi connectivity index (χ2v) is 39.1. The first-order valence-corrected chi connectivity index (χ1v) is 38.9. The zero-order valence-electron chi connectivity index (χ0n) is 50.7. The molecule has 4 aromatic carbocycles. The fourth-order valence-corrected chi connectivity index (χ4v) is 16.7. The maximum atomic E-state index is 16.7. The first-order valence-electron chi connectivity index (χ1n) is 28.6. The van der Waals surface area contributed by atoms with Gasteiger partial charge < -0.3 is 36.6 Å². The Morgan fingerprint density at radius 2 is 1.03 bits per heavy atom. The van der Waals surface area contributed by atoms with Crippen LogP contribution in [0, 0.1) is 22.7 Å². The third-order valence-electron chi connectivity index (χ3n) is 16.0. The predicted molar refractivity (Wildman–Crippen MR) is 340 cm³/mol. The van der Waals surface area contributed by atoms with Crippen LogP contribution in [0.2, 0.25) is 41.3 Å². The van der Waals surface area contributed by atoms with Crippen LogP contribution in [0.4, 0.5) is 0 Å². The van der Waals surface area contributed by atoms with Gasteiger partial charge in [-0.1, -0.05) is 144 Å². The number of rotatable bonds is 27. The lowest BCUT2D eigenvalue weighted by Crippen LogP contribution is -2.50. The zero-order valence-corrected chi connectivity index (χ0v) is 56.1. The Balaban J connectivity index is 1.29. The number of hydrogen-bond donors (Lipinski definition) is 2. The highest BCUT2D eigenvalue weighted by molar-refractivity contribution is 8.55. The summed E-state index contributed by atoms with van der Waals surface area (Å²) in [6.07, 6.45) is -7.90. The minimum Gasteiger partial charge on any atom is -0.407 e. The van der Waals surface area contributed by atoms with E-state index in [0.29, 0.717) is 9.92 Å². The fraction of sp³-hybridized carbons (Fsp3) is 0.443. The number of hydrogen-bond acceptors (Lipinski definition) is 18. The molecule has 8 rings (SSSR count). The van der Waals surface area contributed by atoms with Gasteiger partial charge >= 0.3 is 26.8 Å². The number of aromatic amines is 2. The normalized spacial score (nSPS) is 21.7. The first-order chi connectivity index (χ1) is 41.7. The second kappa shape index (κ2) is 29.2. The lowest BCUT2D eigenvalue weighted by Gasteiger charge is -2.41. The number of nitrogens with zero attached hydrogens (tertiary/aromatic N) is 4. The Morgan fingerprint density at radius 1 is 0.614 bits per heavy atom. The van der Waals surface area contributed by atoms with Crippen molar-refractivity contribution in [3.63, 3.8) is 0 Å². The zero-order chi connectivity index (χ0) is 63.7. The highest BCUT2D eigenvalue weighted by Crippen LogP contribution is 2.66. The van der Waals surface area contributed by atoms with Crippen molar-refractivity contribution in [2.45, 2.75) is 150 Å². The molecule has 88 heavy (non-hydrogen) atoms. The molecule has 0 saturated carbocycles. The third-order valence-corrected chi connectivity index (χ3v) is 30.0. The molecule has 2 aromatic heterocycles. The molecule has 6 aromatic rings. The Kier molecular flexibility index (Phi) is 22.7. The van der Waals surface area contributed by atoms with Crippen LogP contribution in [0.1, 0.15) is 83.5 Å². The Hall–Kier alpha value is -5.45. The maximum Gasteiger partial charge on any atom is 0.394 e. The Morgan fingerprint density at radius 3 is 1.44 bits per heavy atom. The van der Waals surface area contributed by atoms with Crippen LogP contribution >= 0.6 is 38.4 Å². The number of aromatic nitrogens is 4. The number of nitriles is 2. The molecule has 0 radical (unpaired) electrons. The summed E-state index contributed by atoms with van der Waals surface area (Å²) >= 11 is 7.19. The van der Waals surface area contributed by atoms with Gasteiger partial charge in [-0.25, -0.2) is 14.2 Å². The Bertz CT molecular complexity index is 3560. The van der Waals surface area contributed by atoms with E-state index in [4.69, 9.17) is 57.3 Å². The number of benzene rings is 4. The lowest BCUT2D eigenvalue weighted by atomic mass is 9.80. The summed E-state index contributed by atoms with van der Waals surface area (Å²) in [4.78, 5) is 58.3. The van der Waals surface area contributed by atoms with Crippen molar-refractivity contribution in [1.82, 2.24) is 19.1 Å². The van der Waals surface area contributed by atoms with Crippen LogP contribution in [0.5, 0.6) is 0 Å². The standard InChI is InChI=1S/C61H75ClN6O15P2SSi2/c1-59(2,3)87(7,8)82-53-51(80-84(75-38-20-34-63)76-39-21-35-64)48(79-55(53)67-36-32-49(69)65-57(67)71)41-77-85(73,86-46-30-28-45(62)29-31-46)81-52-47(78-56(68-37-33-50(70)66-58(68)72)54(52)83-88(9,10)60(4,5)6)40-74-61(42-22-14-11-15-23-42,43-24-16-12-17-25-43)44-26-18-13-19-27-44/h11-19,22-33,36-37,47-48,51-56H,20-21,38-41H2,1-10H3,(H,65,69,71)(H,66,70,72)/t47-,48-,51-,52-,53-,54-,55-,56-,85?/m1/s1. The van der Waals surface area contributed by atoms with E-state index in [1.54, 1.807) is 24.3 Å². The maximum absolute atomic E-state index is 16.7. The van der Waals surface area contributed by atoms with Crippen LogP contribution in [-0.2, 0) is 55.8 Å². The van der Waals surface area contributed by atoms with Gasteiger partial charge in [-0.05, 0) is 88.6 Å². The third kappa shape index (κ3) is 16.4. The van der Waals surface area contributed by atoms with Crippen molar-refractivity contribution in [3.8, 4) is 12.1 Å². The molecule has 21 nitrogen and oxygen atoms in total. The molecule has 2 aliphatic rings. The van der Waals surface area contributed by atoms with Gasteiger partial charge in [0.05, 0.1) is 51.4 Å². The molecule has 0 amide bonds. The monoisotopic (exact) mass is 1320 g/mol. The first kappa shape index (κ1) is 68.5. The SMILES string of the molecule is CC(C)(C)[Si](C)(C)O[C@@H]1[C@H](OP(OCCC#N)OCCC#N)[C@@H](COP(=O)(O[C@H]2[C@@H](O[Si](C)(C)C(C)(C)C)[C@H](n3ccc(=O)[nH]c3=O)O[C@@H]2COC(c2ccccc2)(c2ccccc2)c2ccccc2)Sc2ccc(Cl)cc2)O[C@H]1n1ccc(=O)[nH]c1=O. The Labute approximate surface area is 524 Å². The molecule has 27 heteroatoms. The van der Waals surface area contributed by atoms with Gasteiger partial charge in [-0.3, -0.25) is 37.7 Å². The minimum atomic E-state index is -4.80. The number of nitrogens with one attached hydrogen (secondary N) is 2. The van der Waals surface area contributed by atoms with Crippen LogP contribution in [-0.4, -0.2) is 98.8 Å². The lowest BCUT2D eigenvalue weighted by molar-refractivity contribution is -0.0945. The molecular formula is C61H75ClN6O15P2SSi2. The van der Waals surface area contributed by atoms with E-state index in [2.05, 4.69) is 9.97 Å². The second-order valence-electron chi connectivity index (χ2n) is 24.1. The molecule has 0 aliphatic carbocycles. The van der Waals surface area contributed by atoms with Gasteiger partial charge in [-0.2, -0.15) is 10.5 Å². The van der Waals surface area contributed by atoms with Crippen molar-refractivity contribution in [2.75, 3.05) is 26.4 Å². The van der Waals surface area contributed by atoms with Crippen molar-refractivity contribution in [1.29, 1.82) is 10.5 Å². The van der Waals surface area contributed by atoms with E-state index >= 15 is 4.57 Å². The van der Waals surface area contributed by atoms with Crippen molar-refractivity contribution in [3.05, 3.63) is 203 Å². The van der Waals surface area contributed by atoms with Gasteiger partial charge in [0.25, 0.3) is 11.1 Å². The summed E-state index contributed by atoms with van der Waals surface area (Å²) < 4.78 is 87.6. The van der Waals surface area contributed by atoms with Crippen LogP contribution < -0.4 is 22.5 Å². The molecule has 2 aliphatic heterocycles. The van der Waals surface area contributed by atoms with E-state index in [-0.39, 0.29) is 32.7 Å². The topological polar surface area (TPSA) is 267 Å². The summed E-state index contributed by atoms with van der Waals surface area (Å²) in [5.41, 5.74) is -2.00. The van der Waals surface area contributed by atoms with Gasteiger partial charge in [0, 0.05) is 34.4 Å². The molecule has 0 spiro atoms. The number of H-pyrrole nitrogens is 2. The molecule has 4 heterocycles. The largest absolute Gasteiger partial charge is 0.407 e. The van der Waals surface area contributed by atoms with Crippen molar-refractivity contribution < 1.29 is 50.2 Å². The summed E-state index contributed by atoms with van der Waals surface area (Å²) in [5, 5.41) is 18.5. The average molecular weight is 1320 g/mol. The molecule has 470 valence electrons. The fourth-order valence-electron chi connectivity index (χ4n) is 9.45. The van der Waals surface area contributed by atoms with E-state index in [1.807, 2.05) is 171 Å². The number of ether oxygens (including phenoxy) is 3. The molecule has 9 atom stereocenters. The van der Waals surface area contributed by atoms with E-state index < -0.39 is 126 Å². The molecular weight excluding hydrogens is 1240 g/mol. The average Bonchev–Trinajstić information content (AvgIpc) is 1.41. The predicted octanol–water partition coefficient (Wildman–Crippen LogP) is 12.1. The smallest absolute Gasteiger partial charge is 0.394 e. The molecule has 2 N–H and O–H groups in total. The summed E-state index contributed by atoms with van der Waals surface area (Å²) in [6.45, 7) is 14.2. The molecule has 1 unspecified atom stereocenters. The van der Waals surface area contributed by atoms with Crippen molar-refractivity contribution in [2.24, 2.45) is 0 Å². The minimum absolute atomic E-state index is 0.0419. The summed E-state index contributed by atoms with van der Waals surface area (Å²) in [5.74, 6) is 0. The summed E-state index contributed by atoms with van der Waals surface area (Å²) in [7, 11) is -8.29. The summed E-state index contributed by atoms with van der Waals surface area (Å²) in [6, 6.07) is 41.9. The number of halogens is 1. The van der Waals surface area contributed by atoms with Crippen LogP contribution in [0.15, 0.2) is 164 Å². The van der Waals surface area contributed by atoms with Crippen LogP contribution in [0.25, 0.3) is 0 Å². The van der Waals surface area contributed by atoms with Gasteiger partial charge in [-0.15, -0.1) is 0 Å². The molecule has 2 fully saturated rings. The quantitative estimate of drug-likeness (QED) is 0.0210. The van der Waals surface area contributed by atoms with Crippen LogP contribution in [0.3, 0.4) is 0 Å². The highest BCUT2D eigenvalue weighted by Gasteiger charge is 2.57. The van der Waals surface area contributed by atoms with Gasteiger partial charge in [0.2, 0.25) is 0 Å². The molecule has 2 saturated heterocycles. The van der Waals surface area contributed by atoms with E-state index in [9.17, 15) is 29.7 Å². The highest BCUT2D eigenvalue weighted by atomic mass is 35.5. The van der Waals surface area contributed by atoms with Crippen molar-refractivity contribution >= 4 is 55.0 Å². The van der Waals surface area contributed by atoms with E-state index in [0.717, 1.165) is 38.7 Å².